The molecule has 3 N–H and O–H groups in total. The van der Waals surface area contributed by atoms with E-state index in [1.54, 1.807) is 50.3 Å². The number of likely N-dealkylation sites (N-methyl/N-ethyl adjacent to an activating group) is 1. The molecule has 0 bridgehead atoms. The highest BCUT2D eigenvalue weighted by Gasteiger charge is 2.60. The number of nitrogens with two attached hydrogens (primary N) is 1. The van der Waals surface area contributed by atoms with Crippen molar-refractivity contribution in [1.29, 1.82) is 0 Å². The van der Waals surface area contributed by atoms with Crippen LogP contribution in [0.2, 0.25) is 0 Å². The second kappa shape index (κ2) is 21.8. The zero-order valence-corrected chi connectivity index (χ0v) is 39.2. The summed E-state index contributed by atoms with van der Waals surface area (Å²) < 4.78 is 43.1. The molecule has 13 atom stereocenters. The first-order chi connectivity index (χ1) is 29.2. The number of hydrogen-bond acceptors (Lipinski definition) is 15. The molecule has 3 saturated heterocycles. The fraction of sp³-hybridized carbons (Fsp3) is 0.727. The molecular weight excluding hydrogens is 824 g/mol. The molecule has 4 heterocycles. The summed E-state index contributed by atoms with van der Waals surface area (Å²) in [7, 11) is 5.23. The number of benzene rings is 1. The maximum absolute atomic E-state index is 14.7. The number of esters is 1. The second-order valence-electron chi connectivity index (χ2n) is 17.7. The van der Waals surface area contributed by atoms with E-state index in [0.717, 1.165) is 5.56 Å². The number of halogens is 1. The summed E-state index contributed by atoms with van der Waals surface area (Å²) in [5.41, 5.74) is 5.43. The number of aryl methyl sites for hydroxylation is 1. The summed E-state index contributed by atoms with van der Waals surface area (Å²) in [5, 5.41) is 20.0. The van der Waals surface area contributed by atoms with Gasteiger partial charge in [0.05, 0.1) is 30.0 Å². The van der Waals surface area contributed by atoms with E-state index in [0.29, 0.717) is 37.2 Å². The second-order valence-corrected chi connectivity index (χ2v) is 18.0. The number of nitrogens with zero attached hydrogens (tertiary/aromatic N) is 5. The molecule has 62 heavy (non-hydrogen) atoms. The van der Waals surface area contributed by atoms with Crippen LogP contribution in [0.15, 0.2) is 30.5 Å². The number of hydrogen-bond donors (Lipinski definition) is 2. The molecule has 1 aromatic carbocycles. The van der Waals surface area contributed by atoms with Gasteiger partial charge in [0, 0.05) is 73.6 Å². The number of unbranched alkanes of at least 4 members (excludes halogenated alkanes) is 1. The molecule has 0 radical (unpaired) electrons. The van der Waals surface area contributed by atoms with Gasteiger partial charge in [-0.3, -0.25) is 19.1 Å². The Hall–Kier alpha value is -3.68. The van der Waals surface area contributed by atoms with Crippen molar-refractivity contribution in [1.82, 2.24) is 24.8 Å². The van der Waals surface area contributed by atoms with Crippen LogP contribution in [0.25, 0.3) is 11.3 Å². The normalized spacial score (nSPS) is 34.8. The number of ether oxygens (including phenoxy) is 5. The molecule has 348 valence electrons. The third-order valence-electron chi connectivity index (χ3n) is 12.9. The first-order valence-corrected chi connectivity index (χ1v) is 22.7. The monoisotopic (exact) mass is 892 g/mol. The van der Waals surface area contributed by atoms with E-state index in [9.17, 15) is 28.2 Å². The molecule has 18 heteroatoms. The van der Waals surface area contributed by atoms with E-state index in [2.05, 4.69) is 10.3 Å². The van der Waals surface area contributed by atoms with Crippen LogP contribution in [0.4, 0.5) is 14.4 Å². The lowest BCUT2D eigenvalue weighted by Gasteiger charge is -2.47. The van der Waals surface area contributed by atoms with Crippen LogP contribution in [0.5, 0.6) is 0 Å². The van der Waals surface area contributed by atoms with E-state index in [4.69, 9.17) is 29.4 Å². The van der Waals surface area contributed by atoms with E-state index in [1.807, 2.05) is 57.2 Å². The van der Waals surface area contributed by atoms with Gasteiger partial charge >= 0.3 is 12.1 Å². The van der Waals surface area contributed by atoms with Crippen molar-refractivity contribution in [3.05, 3.63) is 30.5 Å². The van der Waals surface area contributed by atoms with Gasteiger partial charge in [0.2, 0.25) is 0 Å². The molecule has 1 aromatic heterocycles. The summed E-state index contributed by atoms with van der Waals surface area (Å²) in [4.78, 5) is 60.4. The van der Waals surface area contributed by atoms with Crippen molar-refractivity contribution in [3.8, 4) is 11.3 Å². The molecule has 5 rings (SSSR count). The van der Waals surface area contributed by atoms with Crippen LogP contribution < -0.4 is 5.73 Å². The number of aliphatic hydroxyl groups excluding tert-OH is 1. The summed E-state index contributed by atoms with van der Waals surface area (Å²) in [6.07, 6.45) is 0.260. The third kappa shape index (κ3) is 11.3. The highest BCUT2D eigenvalue weighted by Crippen LogP contribution is 2.43. The third-order valence-corrected chi connectivity index (χ3v) is 12.9. The maximum Gasteiger partial charge on any atom is 0.410 e. The largest absolute Gasteiger partial charge is 0.458 e. The first kappa shape index (κ1) is 51.0. The predicted molar refractivity (Wildman–Crippen MR) is 233 cm³/mol. The van der Waals surface area contributed by atoms with Crippen molar-refractivity contribution >= 4 is 41.5 Å². The highest BCUT2D eigenvalue weighted by atomic mass is 32.2. The molecule has 2 aromatic rings. The van der Waals surface area contributed by atoms with Gasteiger partial charge in [0.1, 0.15) is 29.6 Å². The van der Waals surface area contributed by atoms with Crippen molar-refractivity contribution in [2.24, 2.45) is 23.7 Å². The number of ketones is 2. The fourth-order valence-electron chi connectivity index (χ4n) is 9.50. The summed E-state index contributed by atoms with van der Waals surface area (Å²) in [6, 6.07) is 6.31. The SMILES string of the molecule is CC[C@H]1OC(=O)[C@H](C)C(=O)[C@H](C)[C@@H](O[C@@H]2OC(C)CC(N(C)C)C2O)[C@](C)(OC)C[C@@H](C)C(=O)[C@H](C)[C@H]2N(CCCCn3cc(-c4cccc(N)c4)nn3)C(=O)O[C@]12C.CSF. The Morgan fingerprint density at radius 2 is 1.71 bits per heavy atom. The maximum atomic E-state index is 14.7. The minimum atomic E-state index is -1.42. The number of aliphatic hydroxyl groups is 1. The standard InChI is InChI=1S/C43H66N6O10.CH3FS/c1-12-33-43(8)37(49(41(54)59-43)19-14-13-18-48-23-31(45-46-48)29-16-15-17-30(44)21-29)26(4)34(50)24(2)22-42(7,55-11)38(27(5)35(51)28(6)39(53)57-33)58-40-36(52)32(47(9)10)20-25(3)56-40;1-3-2/h15-17,21,23-28,32-33,36-38,40,52H,12-14,18-20,22,44H2,1-11H3;1H3/t24-,25?,26+,27+,28-,32?,33-,36?,37-,38-,40+,42-,43-;/m1./s1. The average molecular weight is 893 g/mol. The number of methoxy groups -OCH3 is 1. The number of carbonyl (C=O) groups excluding carboxylic acids is 4. The predicted octanol–water partition coefficient (Wildman–Crippen LogP) is 5.75. The Morgan fingerprint density at radius 3 is 2.32 bits per heavy atom. The molecule has 16 nitrogen and oxygen atoms in total. The smallest absolute Gasteiger partial charge is 0.410 e. The van der Waals surface area contributed by atoms with Gasteiger partial charge in [-0.25, -0.2) is 4.79 Å². The molecular formula is C44H69FN6O10S. The number of nitrogen functional groups attached to an aromatic ring is 1. The number of rotatable bonds is 11. The van der Waals surface area contributed by atoms with Gasteiger partial charge in [-0.2, -0.15) is 3.89 Å². The van der Waals surface area contributed by atoms with Crippen LogP contribution >= 0.6 is 12.1 Å². The number of fused-ring (bicyclic) bond motifs is 1. The van der Waals surface area contributed by atoms with E-state index < -0.39 is 83.4 Å². The number of cyclic esters (lactones) is 1. The zero-order valence-electron chi connectivity index (χ0n) is 38.4. The van der Waals surface area contributed by atoms with E-state index >= 15 is 0 Å². The molecule has 1 amide bonds. The minimum Gasteiger partial charge on any atom is -0.458 e. The van der Waals surface area contributed by atoms with Crippen molar-refractivity contribution in [2.45, 2.75) is 148 Å². The first-order valence-electron chi connectivity index (χ1n) is 21.6. The van der Waals surface area contributed by atoms with Crippen molar-refractivity contribution in [2.75, 3.05) is 39.7 Å². The molecule has 3 aliphatic heterocycles. The van der Waals surface area contributed by atoms with E-state index in [-0.39, 0.29) is 49.5 Å². The van der Waals surface area contributed by atoms with E-state index in [1.165, 1.54) is 20.3 Å². The van der Waals surface area contributed by atoms with Gasteiger partial charge in [-0.1, -0.05) is 45.0 Å². The highest BCUT2D eigenvalue weighted by molar-refractivity contribution is 7.93. The van der Waals surface area contributed by atoms with Gasteiger partial charge in [-0.05, 0) is 86.0 Å². The van der Waals surface area contributed by atoms with Crippen LogP contribution in [-0.4, -0.2) is 142 Å². The number of Topliss-reactive ketones (excluding diaryl/α,β-unsaturated/α-hetero) is 2. The Morgan fingerprint density at radius 1 is 1.05 bits per heavy atom. The molecule has 3 unspecified atom stereocenters. The number of anilines is 1. The van der Waals surface area contributed by atoms with Gasteiger partial charge < -0.3 is 44.3 Å². The summed E-state index contributed by atoms with van der Waals surface area (Å²) >= 11 is 0.250. The van der Waals surface area contributed by atoms with Gasteiger partial charge in [-0.15, -0.1) is 5.10 Å². The topological polar surface area (TPSA) is 198 Å². The number of aromatic nitrogens is 3. The molecule has 0 spiro atoms. The average Bonchev–Trinajstić information content (AvgIpc) is 3.81. The molecule has 3 fully saturated rings. The lowest BCUT2D eigenvalue weighted by molar-refractivity contribution is -0.295. The summed E-state index contributed by atoms with van der Waals surface area (Å²) in [5.74, 6) is -5.03. The Labute approximate surface area is 370 Å². The van der Waals surface area contributed by atoms with Crippen LogP contribution in [0.1, 0.15) is 87.5 Å². The zero-order chi connectivity index (χ0) is 46.3. The Bertz CT molecular complexity index is 1840. The fourth-order valence-corrected chi connectivity index (χ4v) is 9.50. The number of carbonyl (C=O) groups is 4. The van der Waals surface area contributed by atoms with Crippen LogP contribution in [-0.2, 0) is 44.6 Å². The van der Waals surface area contributed by atoms with Crippen molar-refractivity contribution in [3.63, 3.8) is 0 Å². The Balaban J connectivity index is 0.00000273. The molecule has 3 aliphatic rings. The van der Waals surface area contributed by atoms with Crippen molar-refractivity contribution < 1.29 is 51.9 Å². The van der Waals surface area contributed by atoms with Crippen LogP contribution in [0, 0.1) is 23.7 Å². The lowest BCUT2D eigenvalue weighted by atomic mass is 9.73. The Kier molecular flexibility index (Phi) is 17.9. The van der Waals surface area contributed by atoms with Gasteiger partial charge in [0.25, 0.3) is 0 Å². The summed E-state index contributed by atoms with van der Waals surface area (Å²) in [6.45, 7) is 14.7. The molecule has 0 aliphatic carbocycles. The lowest BCUT2D eigenvalue weighted by Crippen LogP contribution is -2.60. The molecule has 0 saturated carbocycles. The minimum absolute atomic E-state index is 0.119. The quantitative estimate of drug-likeness (QED) is 0.120. The van der Waals surface area contributed by atoms with Crippen LogP contribution in [0.3, 0.4) is 0 Å². The van der Waals surface area contributed by atoms with Gasteiger partial charge in [0.15, 0.2) is 17.7 Å². The number of amides is 1.